The van der Waals surface area contributed by atoms with Crippen molar-refractivity contribution in [3.05, 3.63) is 0 Å². The van der Waals surface area contributed by atoms with Gasteiger partial charge in [0.25, 0.3) is 0 Å². The molecule has 0 aliphatic carbocycles. The molecule has 1 aliphatic heterocycles. The lowest BCUT2D eigenvalue weighted by Crippen LogP contribution is -3.00. The lowest BCUT2D eigenvalue weighted by molar-refractivity contribution is -0.897. The molecule has 1 aliphatic rings. The SMILES string of the molecule is [2H]C([2H])([2H])C([2H])([2H])C([2H])([2H])C([2H])([2H])C([2H])([2H])C([2H])([2H])C([2H])([2H])C([2H])([2H])C([2H])([2H])C([2H])([2H])[N+]1(C([2H])([2H])[2H])C([2H])([2H])C([2H])([2H])C([2H])([2H])C1([2H])[2H].[Br-]. The second-order valence-electron chi connectivity index (χ2n) is 2.26. The zero-order valence-corrected chi connectivity index (χ0v) is 9.91. The van der Waals surface area contributed by atoms with Crippen LogP contribution in [0.3, 0.4) is 0 Å². The maximum atomic E-state index is 8.48. The van der Waals surface area contributed by atoms with E-state index in [1.165, 1.54) is 0 Å². The summed E-state index contributed by atoms with van der Waals surface area (Å²) in [5, 5.41) is 0. The van der Waals surface area contributed by atoms with Crippen LogP contribution in [-0.4, -0.2) is 30.9 Å². The Morgan fingerprint density at radius 1 is 1.00 bits per heavy atom. The number of quaternary nitrogens is 1. The Bertz CT molecular complexity index is 1220. The number of hydrogen-bond acceptors (Lipinski definition) is 0. The van der Waals surface area contributed by atoms with Crippen molar-refractivity contribution in [3.8, 4) is 0 Å². The van der Waals surface area contributed by atoms with Crippen molar-refractivity contribution in [2.45, 2.75) is 70.6 Å². The first-order valence-corrected chi connectivity index (χ1v) is 3.89. The van der Waals surface area contributed by atoms with Crippen molar-refractivity contribution in [1.29, 1.82) is 0 Å². The van der Waals surface area contributed by atoms with Gasteiger partial charge < -0.3 is 21.5 Å². The molecule has 0 bridgehead atoms. The van der Waals surface area contributed by atoms with Crippen LogP contribution >= 0.6 is 0 Å². The summed E-state index contributed by atoms with van der Waals surface area (Å²) in [6.45, 7) is -23.6. The molecular weight excluding hydrogens is 274 g/mol. The number of likely N-dealkylation sites (tertiary alicyclic amines) is 1. The average Bonchev–Trinajstić information content (AvgIpc) is 2.86. The van der Waals surface area contributed by atoms with Gasteiger partial charge in [-0.2, -0.15) is 0 Å². The summed E-state index contributed by atoms with van der Waals surface area (Å²) < 4.78 is 252. The summed E-state index contributed by atoms with van der Waals surface area (Å²) in [7, 11) is 0. The minimum absolute atomic E-state index is 0. The van der Waals surface area contributed by atoms with Gasteiger partial charge in [-0.15, -0.1) is 0 Å². The van der Waals surface area contributed by atoms with E-state index >= 15 is 0 Å². The second kappa shape index (κ2) is 10.4. The van der Waals surface area contributed by atoms with E-state index < -0.39 is 102 Å². The molecule has 0 aromatic heterocycles. The highest BCUT2D eigenvalue weighted by Gasteiger charge is 2.25. The molecule has 0 spiro atoms. The first-order chi connectivity index (χ1) is 20.0. The highest BCUT2D eigenvalue weighted by Crippen LogP contribution is 2.18. The van der Waals surface area contributed by atoms with Gasteiger partial charge in [-0.3, -0.25) is 0 Å². The zero-order chi connectivity index (χ0) is 40.0. The first-order valence-electron chi connectivity index (χ1n) is 19.9. The lowest BCUT2D eigenvalue weighted by Gasteiger charge is -2.29. The Morgan fingerprint density at radius 2 is 1.59 bits per heavy atom. The Morgan fingerprint density at radius 3 is 2.18 bits per heavy atom. The molecule has 1 rings (SSSR count). The molecule has 1 fully saturated rings. The molecule has 2 heteroatoms. The Balaban J connectivity index is 0.0000230. The van der Waals surface area contributed by atoms with Gasteiger partial charge in [-0.05, 0) is 12.7 Å². The van der Waals surface area contributed by atoms with E-state index in [1.54, 1.807) is 0 Å². The van der Waals surface area contributed by atoms with Crippen molar-refractivity contribution in [2.75, 3.05) is 26.5 Å². The molecule has 0 amide bonds. The fraction of sp³-hybridized carbons (Fsp3) is 1.00. The number of halogens is 1. The van der Waals surface area contributed by atoms with Crippen LogP contribution in [0.2, 0.25) is 0 Å². The van der Waals surface area contributed by atoms with Gasteiger partial charge in [0.2, 0.25) is 0 Å². The van der Waals surface area contributed by atoms with E-state index in [0.29, 0.717) is 0 Å². The van der Waals surface area contributed by atoms with Crippen molar-refractivity contribution in [3.63, 3.8) is 0 Å². The van der Waals surface area contributed by atoms with Crippen molar-refractivity contribution < 1.29 is 65.3 Å². The summed E-state index contributed by atoms with van der Waals surface area (Å²) in [6.07, 6.45) is -48.3. The summed E-state index contributed by atoms with van der Waals surface area (Å²) in [5.74, 6) is 0. The van der Waals surface area contributed by atoms with Crippen LogP contribution in [0, 0.1) is 0 Å². The smallest absolute Gasteiger partial charge is 0.0924 e. The third-order valence-corrected chi connectivity index (χ3v) is 1.17. The van der Waals surface area contributed by atoms with E-state index in [2.05, 4.69) is 0 Å². The minimum Gasteiger partial charge on any atom is -1.00 e. The van der Waals surface area contributed by atoms with Gasteiger partial charge >= 0.3 is 0 Å². The van der Waals surface area contributed by atoms with Gasteiger partial charge in [-0.25, -0.2) is 0 Å². The van der Waals surface area contributed by atoms with Crippen LogP contribution in [0.15, 0.2) is 0 Å². The molecule has 17 heavy (non-hydrogen) atoms. The van der Waals surface area contributed by atoms with Crippen LogP contribution < -0.4 is 17.0 Å². The summed E-state index contributed by atoms with van der Waals surface area (Å²) in [4.78, 5) is 0. The number of nitrogens with zero attached hydrogens (tertiary/aromatic N) is 1. The normalized spacial score (nSPS) is 66.8. The standard InChI is InChI=1S/C15H32N.BrH/c1-3-4-5-6-7-8-9-10-13-16(2)14-11-12-15-16;/h3-15H2,1-2H3;1H/q+1;/p-1/i1D3,2D3,3D2,4D2,5D2,6D2,7D2,8D2,9D2,10D2,11D2,12D2,13D2,14D2,15D2;. The fourth-order valence-corrected chi connectivity index (χ4v) is 0.607. The monoisotopic (exact) mass is 337 g/mol. The predicted octanol–water partition coefficient (Wildman–Crippen LogP) is 1.37. The zero-order valence-electron chi connectivity index (χ0n) is 40.3. The molecule has 104 valence electrons. The first kappa shape index (κ1) is 2.01. The molecule has 0 atom stereocenters. The van der Waals surface area contributed by atoms with Crippen LogP contribution in [-0.2, 0) is 0 Å². The minimum atomic E-state index is -5.27. The molecule has 1 saturated heterocycles. The van der Waals surface area contributed by atoms with Gasteiger partial charge in [0.05, 0.1) is 38.8 Å². The van der Waals surface area contributed by atoms with Crippen LogP contribution in [0.4, 0.5) is 0 Å². The van der Waals surface area contributed by atoms with Crippen LogP contribution in [0.1, 0.15) is 114 Å². The third-order valence-electron chi connectivity index (χ3n) is 1.17. The molecular formula is C15H32BrN. The van der Waals surface area contributed by atoms with Gasteiger partial charge in [0.1, 0.15) is 0 Å². The van der Waals surface area contributed by atoms with E-state index in [1.807, 2.05) is 0 Å². The van der Waals surface area contributed by atoms with E-state index in [4.69, 9.17) is 43.9 Å². The van der Waals surface area contributed by atoms with Gasteiger partial charge in [-0.1, -0.05) is 45.1 Å². The van der Waals surface area contributed by atoms with Crippen molar-refractivity contribution in [2.24, 2.45) is 0 Å². The molecule has 0 aromatic rings. The molecule has 1 nitrogen and oxygen atoms in total. The Hall–Kier alpha value is 0.440. The van der Waals surface area contributed by atoms with Crippen molar-refractivity contribution >= 4 is 0 Å². The molecule has 0 unspecified atom stereocenters. The van der Waals surface area contributed by atoms with Gasteiger partial charge in [0.15, 0.2) is 0 Å². The summed E-state index contributed by atoms with van der Waals surface area (Å²) >= 11 is 0. The van der Waals surface area contributed by atoms with Crippen molar-refractivity contribution in [1.82, 2.24) is 0 Å². The van der Waals surface area contributed by atoms with Crippen LogP contribution in [0.5, 0.6) is 0 Å². The van der Waals surface area contributed by atoms with E-state index in [-0.39, 0.29) is 17.0 Å². The topological polar surface area (TPSA) is 0 Å². The quantitative estimate of drug-likeness (QED) is 0.557. The molecule has 1 heterocycles. The number of rotatable bonds is 9. The predicted molar refractivity (Wildman–Crippen MR) is 72.6 cm³/mol. The third kappa shape index (κ3) is 8.20. The fourth-order valence-electron chi connectivity index (χ4n) is 0.607. The van der Waals surface area contributed by atoms with E-state index in [9.17, 15) is 0 Å². The van der Waals surface area contributed by atoms with E-state index in [0.717, 1.165) is 0 Å². The maximum Gasteiger partial charge on any atom is 0.0924 e. The molecule has 0 aromatic carbocycles. The second-order valence-corrected chi connectivity index (χ2v) is 2.26. The average molecular weight is 339 g/mol. The summed E-state index contributed by atoms with van der Waals surface area (Å²) in [5.41, 5.74) is 0. The Kier molecular flexibility index (Phi) is 1.23. The molecule has 0 N–H and O–H groups in total. The Labute approximate surface area is 164 Å². The number of hydrogen-bond donors (Lipinski definition) is 0. The summed E-state index contributed by atoms with van der Waals surface area (Å²) in [6, 6.07) is 0. The molecule has 0 saturated carbocycles. The largest absolute Gasteiger partial charge is 1.00 e. The van der Waals surface area contributed by atoms with Crippen LogP contribution in [0.25, 0.3) is 0 Å². The maximum absolute atomic E-state index is 8.48. The lowest BCUT2D eigenvalue weighted by atomic mass is 10.1. The highest BCUT2D eigenvalue weighted by atomic mass is 79.9. The van der Waals surface area contributed by atoms with Gasteiger partial charge in [0, 0.05) is 44.3 Å². The molecule has 0 radical (unpaired) electrons. The highest BCUT2D eigenvalue weighted by molar-refractivity contribution is 4.53.